The third kappa shape index (κ3) is 45.5. The molecule has 0 spiro atoms. The van der Waals surface area contributed by atoms with Gasteiger partial charge in [0.1, 0.15) is 18.1 Å². The minimum Gasteiger partial charge on any atom is -0.480 e. The number of hydrogen-bond donors (Lipinski definition) is 9. The van der Waals surface area contributed by atoms with Crippen molar-refractivity contribution in [2.24, 2.45) is 35.0 Å². The van der Waals surface area contributed by atoms with E-state index < -0.39 is 54.4 Å². The quantitative estimate of drug-likeness (QED) is 0.0235. The van der Waals surface area contributed by atoms with Gasteiger partial charge in [0.15, 0.2) is 0 Å². The van der Waals surface area contributed by atoms with Crippen molar-refractivity contribution >= 4 is 48.3 Å². The first-order valence-electron chi connectivity index (χ1n) is 24.4. The number of hydrogen-bond acceptors (Lipinski definition) is 16. The zero-order valence-electron chi connectivity index (χ0n) is 44.6. The van der Waals surface area contributed by atoms with Gasteiger partial charge >= 0.3 is 17.9 Å². The van der Waals surface area contributed by atoms with Crippen LogP contribution in [0.5, 0.6) is 0 Å². The standard InChI is InChI=1S/C18H36N2O4.3C7H8O3S.C6H13NO2.C6H14O2.CH4/c1-13(2)11-15(19)17(21)23-9-7-5-6-8-10-24-18(22)16(20)12-14(3)4;3*1-6-2-4-7(5-3-6)11(8,9)10;1-4(2)3-5(7)6(8)9;7-5-3-1-2-4-6-8;/h13-16H,5-12,19-20H2,1-4H3;3*2-5H,1H3,(H,8,9,10);4-5H,3,7H2,1-2H3,(H,8,9);7-8H,1-6H2;1H4. The minimum atomic E-state index is -4.02. The highest BCUT2D eigenvalue weighted by molar-refractivity contribution is 7.86. The van der Waals surface area contributed by atoms with Crippen LogP contribution in [0, 0.1) is 38.5 Å². The van der Waals surface area contributed by atoms with Crippen LogP contribution in [0.25, 0.3) is 0 Å². The Balaban J connectivity index is -0.000000423. The van der Waals surface area contributed by atoms with Gasteiger partial charge in [0.25, 0.3) is 30.4 Å². The molecule has 12 N–H and O–H groups in total. The third-order valence-electron chi connectivity index (χ3n) is 9.65. The molecule has 3 aromatic rings. The van der Waals surface area contributed by atoms with Gasteiger partial charge in [0.2, 0.25) is 0 Å². The SMILES string of the molecule is C.CC(C)CC(N)C(=O)O.CC(C)CC(N)C(=O)OCCCCCCOC(=O)C(N)CC(C)C.Cc1ccc(S(=O)(=O)O)cc1.Cc1ccc(S(=O)(=O)O)cc1.Cc1ccc(S(=O)(=O)O)cc1.OCCCCCCO. The van der Waals surface area contributed by atoms with E-state index in [0.29, 0.717) is 50.2 Å². The number of carboxylic acids is 1. The molecule has 20 nitrogen and oxygen atoms in total. The van der Waals surface area contributed by atoms with Crippen LogP contribution in [-0.2, 0) is 54.2 Å². The normalized spacial score (nSPS) is 12.2. The predicted molar refractivity (Wildman–Crippen MR) is 293 cm³/mol. The molecule has 3 rings (SSSR count). The largest absolute Gasteiger partial charge is 0.480 e. The molecule has 0 radical (unpaired) electrons. The monoisotopic (exact) mass is 1130 g/mol. The van der Waals surface area contributed by atoms with Gasteiger partial charge in [-0.2, -0.15) is 25.3 Å². The molecule has 3 aromatic carbocycles. The van der Waals surface area contributed by atoms with Crippen molar-refractivity contribution in [1.82, 2.24) is 0 Å². The van der Waals surface area contributed by atoms with Crippen molar-refractivity contribution in [1.29, 1.82) is 0 Å². The first-order valence-corrected chi connectivity index (χ1v) is 28.7. The Hall–Kier alpha value is -4.40. The van der Waals surface area contributed by atoms with E-state index >= 15 is 0 Å². The minimum absolute atomic E-state index is 0. The van der Waals surface area contributed by atoms with Crippen molar-refractivity contribution in [3.63, 3.8) is 0 Å². The van der Waals surface area contributed by atoms with Gasteiger partial charge in [-0.3, -0.25) is 28.0 Å². The molecule has 0 aliphatic rings. The van der Waals surface area contributed by atoms with Crippen LogP contribution in [0.2, 0.25) is 0 Å². The van der Waals surface area contributed by atoms with E-state index in [2.05, 4.69) is 0 Å². The van der Waals surface area contributed by atoms with Crippen molar-refractivity contribution in [3.05, 3.63) is 89.5 Å². The smallest absolute Gasteiger partial charge is 0.322 e. The summed E-state index contributed by atoms with van der Waals surface area (Å²) in [5.74, 6) is -0.443. The summed E-state index contributed by atoms with van der Waals surface area (Å²) >= 11 is 0. The second kappa shape index (κ2) is 42.7. The Morgan fingerprint density at radius 1 is 0.440 bits per heavy atom. The topological polar surface area (TPSA) is 372 Å². The number of rotatable bonds is 24. The zero-order valence-corrected chi connectivity index (χ0v) is 47.1. The Labute approximate surface area is 448 Å². The molecule has 0 fully saturated rings. The van der Waals surface area contributed by atoms with Gasteiger partial charge in [0.05, 0.1) is 27.9 Å². The van der Waals surface area contributed by atoms with Crippen LogP contribution in [0.15, 0.2) is 87.5 Å². The maximum absolute atomic E-state index is 11.6. The average Bonchev–Trinajstić information content (AvgIpc) is 3.28. The van der Waals surface area contributed by atoms with E-state index in [1.807, 2.05) is 62.3 Å². The van der Waals surface area contributed by atoms with E-state index in [4.69, 9.17) is 55.7 Å². The van der Waals surface area contributed by atoms with Gasteiger partial charge in [-0.1, -0.05) is 115 Å². The van der Waals surface area contributed by atoms with E-state index in [0.717, 1.165) is 68.1 Å². The number of carbonyl (C=O) groups is 3. The molecule has 75 heavy (non-hydrogen) atoms. The van der Waals surface area contributed by atoms with Crippen molar-refractivity contribution in [2.45, 2.75) is 173 Å². The fraction of sp³-hybridized carbons (Fsp3) is 0.596. The van der Waals surface area contributed by atoms with Crippen molar-refractivity contribution in [2.75, 3.05) is 26.4 Å². The molecule has 0 heterocycles. The van der Waals surface area contributed by atoms with Crippen LogP contribution in [-0.4, -0.2) is 117 Å². The maximum Gasteiger partial charge on any atom is 0.322 e. The number of unbranched alkanes of at least 4 members (excludes halogenated alkanes) is 6. The number of esters is 2. The van der Waals surface area contributed by atoms with E-state index in [1.165, 1.54) is 36.4 Å². The number of aryl methyl sites for hydroxylation is 3. The lowest BCUT2D eigenvalue weighted by molar-refractivity contribution is -0.146. The third-order valence-corrected chi connectivity index (χ3v) is 12.3. The van der Waals surface area contributed by atoms with Gasteiger partial charge < -0.3 is 42.0 Å². The number of carboxylic acid groups (broad SMARTS) is 1. The highest BCUT2D eigenvalue weighted by Gasteiger charge is 2.18. The predicted octanol–water partition coefficient (Wildman–Crippen LogP) is 7.72. The second-order valence-corrected chi connectivity index (χ2v) is 22.8. The first kappa shape index (κ1) is 77.1. The second-order valence-electron chi connectivity index (χ2n) is 18.5. The maximum atomic E-state index is 11.6. The van der Waals surface area contributed by atoms with Gasteiger partial charge in [-0.15, -0.1) is 0 Å². The summed E-state index contributed by atoms with van der Waals surface area (Å²) in [5, 5.41) is 24.9. The number of carbonyl (C=O) groups excluding carboxylic acids is 2. The van der Waals surface area contributed by atoms with E-state index in [-0.39, 0.29) is 47.3 Å². The molecule has 0 aliphatic carbocycles. The van der Waals surface area contributed by atoms with Gasteiger partial charge in [0, 0.05) is 13.2 Å². The molecule has 0 aliphatic heterocycles. The number of ether oxygens (including phenoxy) is 2. The number of aliphatic hydroxyl groups excluding tert-OH is 2. The highest BCUT2D eigenvalue weighted by atomic mass is 32.2. The Bertz CT molecular complexity index is 2080. The summed E-state index contributed by atoms with van der Waals surface area (Å²) in [7, 11) is -12.1. The number of nitrogens with two attached hydrogens (primary N) is 3. The lowest BCUT2D eigenvalue weighted by Crippen LogP contribution is -2.33. The molecular formula is C52H91N3O17S3. The molecule has 23 heteroatoms. The number of aliphatic hydroxyl groups is 2. The van der Waals surface area contributed by atoms with Crippen LogP contribution in [0.4, 0.5) is 0 Å². The Morgan fingerprint density at radius 2 is 0.667 bits per heavy atom. The summed E-state index contributed by atoms with van der Waals surface area (Å²) in [4.78, 5) is 33.1. The average molecular weight is 1130 g/mol. The molecule has 3 unspecified atom stereocenters. The summed E-state index contributed by atoms with van der Waals surface area (Å²) in [5.41, 5.74) is 19.6. The van der Waals surface area contributed by atoms with Crippen LogP contribution < -0.4 is 17.2 Å². The van der Waals surface area contributed by atoms with Crippen LogP contribution in [0.3, 0.4) is 0 Å². The van der Waals surface area contributed by atoms with Crippen molar-refractivity contribution in [3.8, 4) is 0 Å². The Morgan fingerprint density at radius 3 is 0.853 bits per heavy atom. The molecule has 434 valence electrons. The molecule has 0 saturated heterocycles. The van der Waals surface area contributed by atoms with Gasteiger partial charge in [-0.25, -0.2) is 0 Å². The van der Waals surface area contributed by atoms with Gasteiger partial charge in [-0.05, 0) is 133 Å². The first-order chi connectivity index (χ1) is 34.2. The lowest BCUT2D eigenvalue weighted by atomic mass is 10.1. The van der Waals surface area contributed by atoms with Crippen LogP contribution >= 0.6 is 0 Å². The molecule has 0 saturated carbocycles. The summed E-state index contributed by atoms with van der Waals surface area (Å²) in [6.45, 7) is 18.9. The number of aliphatic carboxylic acids is 1. The lowest BCUT2D eigenvalue weighted by Gasteiger charge is -2.14. The molecule has 3 atom stereocenters. The zero-order chi connectivity index (χ0) is 57.7. The van der Waals surface area contributed by atoms with Crippen molar-refractivity contribution < 1.29 is 78.1 Å². The molecule has 0 aromatic heterocycles. The molecule has 0 amide bonds. The summed E-state index contributed by atoms with van der Waals surface area (Å²) in [6.07, 6.45) is 9.09. The number of benzene rings is 3. The summed E-state index contributed by atoms with van der Waals surface area (Å²) in [6, 6.07) is 16.2. The highest BCUT2D eigenvalue weighted by Crippen LogP contribution is 2.12. The fourth-order valence-corrected chi connectivity index (χ4v) is 7.08. The Kier molecular flexibility index (Phi) is 43.9. The fourth-order valence-electron chi connectivity index (χ4n) is 5.64. The molecule has 0 bridgehead atoms. The van der Waals surface area contributed by atoms with Crippen LogP contribution in [0.1, 0.15) is 136 Å². The molecular weight excluding hydrogens is 1030 g/mol. The van der Waals surface area contributed by atoms with E-state index in [9.17, 15) is 39.6 Å². The van der Waals surface area contributed by atoms with E-state index in [1.54, 1.807) is 36.4 Å². The summed E-state index contributed by atoms with van der Waals surface area (Å²) < 4.78 is 99.0.